The van der Waals surface area contributed by atoms with Crippen molar-refractivity contribution in [1.82, 2.24) is 0 Å². The van der Waals surface area contributed by atoms with Crippen molar-refractivity contribution < 1.29 is 4.42 Å². The molecule has 0 amide bonds. The van der Waals surface area contributed by atoms with E-state index in [0.29, 0.717) is 6.04 Å². The zero-order chi connectivity index (χ0) is 41.5. The first-order valence-corrected chi connectivity index (χ1v) is 22.9. The predicted molar refractivity (Wildman–Crippen MR) is 263 cm³/mol. The van der Waals surface area contributed by atoms with Crippen LogP contribution in [0.1, 0.15) is 41.5 Å². The van der Waals surface area contributed by atoms with E-state index in [1.807, 2.05) is 11.8 Å². The second kappa shape index (κ2) is 14.4. The maximum Gasteiger partial charge on any atom is 0.137 e. The molecule has 0 fully saturated rings. The van der Waals surface area contributed by atoms with E-state index < -0.39 is 5.41 Å². The highest BCUT2D eigenvalue weighted by atomic mass is 32.2. The maximum absolute atomic E-state index is 6.91. The second-order valence-corrected chi connectivity index (χ2v) is 18.1. The minimum absolute atomic E-state index is 0.354. The number of furan rings is 1. The lowest BCUT2D eigenvalue weighted by Gasteiger charge is -2.40. The molecule has 1 aliphatic heterocycles. The predicted octanol–water partition coefficient (Wildman–Crippen LogP) is 16.3. The summed E-state index contributed by atoms with van der Waals surface area (Å²) in [4.78, 5) is 7.63. The van der Waals surface area contributed by atoms with Crippen LogP contribution in [0.25, 0.3) is 43.8 Å². The van der Waals surface area contributed by atoms with Gasteiger partial charge < -0.3 is 14.2 Å². The van der Waals surface area contributed by atoms with Crippen LogP contribution in [0.5, 0.6) is 0 Å². The van der Waals surface area contributed by atoms with Gasteiger partial charge in [-0.25, -0.2) is 0 Å². The molecule has 2 atom stereocenters. The standard InChI is InChI=1S/C59H42N2OS/c1-4-19-40(20-5-1)60(41-21-6-2-7-22-41)52-31-17-32-53-57(52)46-36-35-43(38-54(46)62-53)61(42-23-8-3-9-24-42)51-30-16-29-49-56(51)45-26-12-13-27-47(45)59(49)48-28-14-15-33-55(48)63-58-44-25-11-10-18-39(44)34-37-50(58)59/h1-6,8-20,23-38,41H,7,21-22H2. The Morgan fingerprint density at radius 1 is 0.508 bits per heavy atom. The van der Waals surface area contributed by atoms with Crippen LogP contribution in [0.3, 0.4) is 0 Å². The molecule has 10 aromatic rings. The summed E-state index contributed by atoms with van der Waals surface area (Å²) in [5.41, 5.74) is 14.7. The summed E-state index contributed by atoms with van der Waals surface area (Å²) in [7, 11) is 0. The number of fused-ring (bicyclic) bond motifs is 14. The average molecular weight is 827 g/mol. The number of rotatable bonds is 6. The molecular weight excluding hydrogens is 785 g/mol. The van der Waals surface area contributed by atoms with E-state index in [4.69, 9.17) is 4.42 Å². The first-order chi connectivity index (χ1) is 31.3. The highest BCUT2D eigenvalue weighted by Crippen LogP contribution is 2.65. The van der Waals surface area contributed by atoms with Gasteiger partial charge in [-0.1, -0.05) is 157 Å². The Balaban J connectivity index is 1.04. The Hall–Kier alpha value is -7.27. The van der Waals surface area contributed by atoms with Gasteiger partial charge in [-0.05, 0) is 119 Å². The fraction of sp³-hybridized carbons (Fsp3) is 0.0847. The normalized spacial score (nSPS) is 17.1. The van der Waals surface area contributed by atoms with E-state index in [0.717, 1.165) is 58.3 Å². The molecule has 300 valence electrons. The van der Waals surface area contributed by atoms with Gasteiger partial charge in [0.15, 0.2) is 0 Å². The van der Waals surface area contributed by atoms with Crippen molar-refractivity contribution in [3.63, 3.8) is 0 Å². The number of para-hydroxylation sites is 2. The molecule has 2 unspecified atom stereocenters. The second-order valence-electron chi connectivity index (χ2n) is 17.0. The monoisotopic (exact) mass is 826 g/mol. The third kappa shape index (κ3) is 5.41. The molecule has 3 nitrogen and oxygen atoms in total. The van der Waals surface area contributed by atoms with Crippen LogP contribution in [0.2, 0.25) is 0 Å². The Morgan fingerprint density at radius 3 is 2.10 bits per heavy atom. The third-order valence-electron chi connectivity index (χ3n) is 13.7. The summed E-state index contributed by atoms with van der Waals surface area (Å²) >= 11 is 1.91. The van der Waals surface area contributed by atoms with Gasteiger partial charge in [-0.2, -0.15) is 0 Å². The van der Waals surface area contributed by atoms with Gasteiger partial charge in [0, 0.05) is 49.9 Å². The molecule has 1 spiro atoms. The Labute approximate surface area is 371 Å². The lowest BCUT2D eigenvalue weighted by atomic mass is 9.67. The van der Waals surface area contributed by atoms with Gasteiger partial charge in [0.25, 0.3) is 0 Å². The Morgan fingerprint density at radius 2 is 1.24 bits per heavy atom. The summed E-state index contributed by atoms with van der Waals surface area (Å²) in [6.45, 7) is 0. The molecule has 2 heterocycles. The van der Waals surface area contributed by atoms with Crippen LogP contribution in [-0.2, 0) is 5.41 Å². The van der Waals surface area contributed by atoms with E-state index in [1.54, 1.807) is 0 Å². The lowest BCUT2D eigenvalue weighted by molar-refractivity contribution is 0.591. The van der Waals surface area contributed by atoms with Gasteiger partial charge in [0.1, 0.15) is 11.2 Å². The topological polar surface area (TPSA) is 19.6 Å². The smallest absolute Gasteiger partial charge is 0.137 e. The van der Waals surface area contributed by atoms with E-state index in [9.17, 15) is 0 Å². The largest absolute Gasteiger partial charge is 0.456 e. The zero-order valence-corrected chi connectivity index (χ0v) is 35.4. The van der Waals surface area contributed by atoms with Gasteiger partial charge >= 0.3 is 0 Å². The van der Waals surface area contributed by atoms with Crippen molar-refractivity contribution in [2.75, 3.05) is 9.80 Å². The minimum atomic E-state index is -0.511. The molecule has 0 bridgehead atoms. The number of anilines is 5. The first kappa shape index (κ1) is 36.4. The molecule has 63 heavy (non-hydrogen) atoms. The fourth-order valence-electron chi connectivity index (χ4n) is 11.1. The van der Waals surface area contributed by atoms with Crippen molar-refractivity contribution in [3.8, 4) is 11.1 Å². The Bertz CT molecular complexity index is 3440. The molecule has 4 heteroatoms. The molecule has 0 saturated carbocycles. The van der Waals surface area contributed by atoms with Crippen molar-refractivity contribution in [3.05, 3.63) is 235 Å². The van der Waals surface area contributed by atoms with E-state index in [-0.39, 0.29) is 0 Å². The average Bonchev–Trinajstić information content (AvgIpc) is 3.87. The van der Waals surface area contributed by atoms with Crippen molar-refractivity contribution in [2.45, 2.75) is 40.5 Å². The molecule has 13 rings (SSSR count). The summed E-state index contributed by atoms with van der Waals surface area (Å²) in [6.07, 6.45) is 7.86. The molecular formula is C59H42N2OS. The highest BCUT2D eigenvalue weighted by Gasteiger charge is 2.51. The van der Waals surface area contributed by atoms with Crippen LogP contribution in [0, 0.1) is 0 Å². The molecule has 2 aliphatic carbocycles. The van der Waals surface area contributed by atoms with Gasteiger partial charge in [0.2, 0.25) is 0 Å². The maximum atomic E-state index is 6.91. The van der Waals surface area contributed by atoms with Crippen molar-refractivity contribution in [2.24, 2.45) is 0 Å². The van der Waals surface area contributed by atoms with Crippen molar-refractivity contribution >= 4 is 72.9 Å². The van der Waals surface area contributed by atoms with Crippen LogP contribution >= 0.6 is 11.8 Å². The molecule has 3 aliphatic rings. The number of allylic oxidation sites excluding steroid dienone is 1. The van der Waals surface area contributed by atoms with E-state index in [1.165, 1.54) is 65.3 Å². The molecule has 0 saturated heterocycles. The SMILES string of the molecule is C1=CCC(N(c2ccccc2)c2cccc3oc4cc(N(c5ccccc5)c5cccc6c5-c5ccccc5C65c6ccccc6Sc6c5ccc5ccccc65)ccc4c23)CC1. The Kier molecular flexibility index (Phi) is 8.32. The third-order valence-corrected chi connectivity index (χ3v) is 14.9. The van der Waals surface area contributed by atoms with Crippen LogP contribution in [0.15, 0.2) is 227 Å². The number of nitrogens with zero attached hydrogens (tertiary/aromatic N) is 2. The van der Waals surface area contributed by atoms with E-state index in [2.05, 4.69) is 222 Å². The summed E-state index contributed by atoms with van der Waals surface area (Å²) in [6, 6.07) is 74.2. The highest BCUT2D eigenvalue weighted by molar-refractivity contribution is 7.99. The van der Waals surface area contributed by atoms with Crippen molar-refractivity contribution in [1.29, 1.82) is 0 Å². The lowest BCUT2D eigenvalue weighted by Crippen LogP contribution is -2.32. The number of hydrogen-bond donors (Lipinski definition) is 0. The molecule has 1 aromatic heterocycles. The van der Waals surface area contributed by atoms with Gasteiger partial charge in [0.05, 0.1) is 22.2 Å². The van der Waals surface area contributed by atoms with Crippen LogP contribution < -0.4 is 9.80 Å². The minimum Gasteiger partial charge on any atom is -0.456 e. The first-order valence-electron chi connectivity index (χ1n) is 22.1. The number of benzene rings is 9. The summed E-state index contributed by atoms with van der Waals surface area (Å²) in [5.74, 6) is 0. The van der Waals surface area contributed by atoms with Crippen LogP contribution in [-0.4, -0.2) is 6.04 Å². The zero-order valence-electron chi connectivity index (χ0n) is 34.6. The van der Waals surface area contributed by atoms with Gasteiger partial charge in [-0.3, -0.25) is 0 Å². The number of hydrogen-bond acceptors (Lipinski definition) is 4. The molecule has 0 N–H and O–H groups in total. The van der Waals surface area contributed by atoms with Crippen LogP contribution in [0.4, 0.5) is 28.4 Å². The summed E-state index contributed by atoms with van der Waals surface area (Å²) in [5, 5.41) is 4.83. The summed E-state index contributed by atoms with van der Waals surface area (Å²) < 4.78 is 6.91. The quantitative estimate of drug-likeness (QED) is 0.156. The molecule has 9 aromatic carbocycles. The van der Waals surface area contributed by atoms with Gasteiger partial charge in [-0.15, -0.1) is 0 Å². The fourth-order valence-corrected chi connectivity index (χ4v) is 12.5. The molecule has 0 radical (unpaired) electrons. The van der Waals surface area contributed by atoms with E-state index >= 15 is 0 Å².